The van der Waals surface area contributed by atoms with Crippen LogP contribution in [-0.2, 0) is 11.2 Å². The summed E-state index contributed by atoms with van der Waals surface area (Å²) in [4.78, 5) is 10.6. The van der Waals surface area contributed by atoms with E-state index in [4.69, 9.17) is 16.7 Å². The topological polar surface area (TPSA) is 57.5 Å². The fourth-order valence-corrected chi connectivity index (χ4v) is 1.53. The molecule has 16 heavy (non-hydrogen) atoms. The van der Waals surface area contributed by atoms with Crippen molar-refractivity contribution in [2.75, 3.05) is 0 Å². The molecule has 1 rings (SSSR count). The first kappa shape index (κ1) is 12.8. The molecule has 1 aromatic carbocycles. The Morgan fingerprint density at radius 1 is 1.62 bits per heavy atom. The first-order chi connectivity index (χ1) is 7.34. The first-order valence-electron chi connectivity index (χ1n) is 4.73. The number of halogens is 2. The van der Waals surface area contributed by atoms with E-state index in [1.54, 1.807) is 6.92 Å². The van der Waals surface area contributed by atoms with Crippen molar-refractivity contribution in [2.45, 2.75) is 20.3 Å². The maximum Gasteiger partial charge on any atom is 0.306 e. The van der Waals surface area contributed by atoms with Crippen LogP contribution in [0, 0.1) is 18.7 Å². The monoisotopic (exact) mass is 246 g/mol. The minimum absolute atomic E-state index is 0.0206. The number of hydrogen-bond acceptors (Lipinski definition) is 2. The van der Waals surface area contributed by atoms with Crippen molar-refractivity contribution in [3.05, 3.63) is 28.0 Å². The molecule has 0 aliphatic rings. The standard InChI is InChI=1S/C11H12ClFO3/c1-5-3-7(4-6(2)11(15)16)9(13)10(14)8(5)12/h3,6,14H,4H2,1-2H3,(H,15,16). The summed E-state index contributed by atoms with van der Waals surface area (Å²) in [5, 5.41) is 18.0. The molecule has 5 heteroatoms. The van der Waals surface area contributed by atoms with Gasteiger partial charge in [-0.15, -0.1) is 0 Å². The van der Waals surface area contributed by atoms with Crippen LogP contribution in [0.3, 0.4) is 0 Å². The number of carboxylic acids is 1. The molecule has 1 unspecified atom stereocenters. The summed E-state index contributed by atoms with van der Waals surface area (Å²) < 4.78 is 13.5. The van der Waals surface area contributed by atoms with Crippen molar-refractivity contribution >= 4 is 17.6 Å². The van der Waals surface area contributed by atoms with Crippen LogP contribution in [0.4, 0.5) is 4.39 Å². The van der Waals surface area contributed by atoms with Gasteiger partial charge in [0.2, 0.25) is 0 Å². The van der Waals surface area contributed by atoms with Crippen molar-refractivity contribution < 1.29 is 19.4 Å². The van der Waals surface area contributed by atoms with Gasteiger partial charge in [0.25, 0.3) is 0 Å². The molecule has 0 aliphatic carbocycles. The predicted molar refractivity (Wildman–Crippen MR) is 58.3 cm³/mol. The maximum atomic E-state index is 13.5. The van der Waals surface area contributed by atoms with Gasteiger partial charge >= 0.3 is 5.97 Å². The molecule has 0 aromatic heterocycles. The Morgan fingerprint density at radius 3 is 2.69 bits per heavy atom. The normalized spacial score (nSPS) is 12.5. The third-order valence-electron chi connectivity index (χ3n) is 2.38. The number of phenolic OH excluding ortho intramolecular Hbond substituents is 1. The van der Waals surface area contributed by atoms with Gasteiger partial charge in [-0.1, -0.05) is 24.6 Å². The smallest absolute Gasteiger partial charge is 0.306 e. The van der Waals surface area contributed by atoms with Crippen LogP contribution >= 0.6 is 11.6 Å². The van der Waals surface area contributed by atoms with Gasteiger partial charge < -0.3 is 10.2 Å². The van der Waals surface area contributed by atoms with E-state index in [-0.39, 0.29) is 17.0 Å². The number of aryl methyl sites for hydroxylation is 1. The molecule has 88 valence electrons. The van der Waals surface area contributed by atoms with Crippen LogP contribution in [0.5, 0.6) is 5.75 Å². The number of benzene rings is 1. The molecule has 1 atom stereocenters. The lowest BCUT2D eigenvalue weighted by Gasteiger charge is -2.11. The highest BCUT2D eigenvalue weighted by Crippen LogP contribution is 2.32. The summed E-state index contributed by atoms with van der Waals surface area (Å²) in [5.74, 6) is -3.18. The zero-order valence-electron chi connectivity index (χ0n) is 8.92. The molecule has 0 spiro atoms. The average Bonchev–Trinajstić information content (AvgIpc) is 2.22. The van der Waals surface area contributed by atoms with Crippen LogP contribution < -0.4 is 0 Å². The molecule has 0 fully saturated rings. The summed E-state index contributed by atoms with van der Waals surface area (Å²) in [5.41, 5.74) is 0.683. The van der Waals surface area contributed by atoms with E-state index in [0.717, 1.165) is 0 Å². The van der Waals surface area contributed by atoms with Gasteiger partial charge in [0, 0.05) is 0 Å². The predicted octanol–water partition coefficient (Wildman–Crippen LogP) is 2.76. The molecule has 0 aliphatic heterocycles. The first-order valence-corrected chi connectivity index (χ1v) is 5.11. The minimum atomic E-state index is -1.01. The highest BCUT2D eigenvalue weighted by atomic mass is 35.5. The van der Waals surface area contributed by atoms with Crippen molar-refractivity contribution in [3.63, 3.8) is 0 Å². The summed E-state index contributed by atoms with van der Waals surface area (Å²) in [6, 6.07) is 1.46. The largest absolute Gasteiger partial charge is 0.504 e. The van der Waals surface area contributed by atoms with Gasteiger partial charge in [-0.05, 0) is 24.5 Å². The Balaban J connectivity index is 3.11. The lowest BCUT2D eigenvalue weighted by Crippen LogP contribution is -2.13. The van der Waals surface area contributed by atoms with Crippen molar-refractivity contribution in [2.24, 2.45) is 5.92 Å². The molecule has 0 heterocycles. The van der Waals surface area contributed by atoms with Crippen molar-refractivity contribution in [3.8, 4) is 5.75 Å². The zero-order valence-corrected chi connectivity index (χ0v) is 9.68. The minimum Gasteiger partial charge on any atom is -0.504 e. The average molecular weight is 247 g/mol. The summed E-state index contributed by atoms with van der Waals surface area (Å²) in [6.45, 7) is 3.10. The van der Waals surface area contributed by atoms with E-state index in [1.807, 2.05) is 0 Å². The van der Waals surface area contributed by atoms with E-state index in [1.165, 1.54) is 13.0 Å². The maximum absolute atomic E-state index is 13.5. The number of carboxylic acid groups (broad SMARTS) is 1. The summed E-state index contributed by atoms with van der Waals surface area (Å²) >= 11 is 5.65. The second-order valence-corrected chi connectivity index (χ2v) is 4.15. The van der Waals surface area contributed by atoms with Crippen LogP contribution in [0.1, 0.15) is 18.1 Å². The summed E-state index contributed by atoms with van der Waals surface area (Å²) in [6.07, 6.45) is 0.0206. The third kappa shape index (κ3) is 2.44. The molecule has 0 saturated heterocycles. The third-order valence-corrected chi connectivity index (χ3v) is 2.86. The fraction of sp³-hybridized carbons (Fsp3) is 0.364. The number of hydrogen-bond donors (Lipinski definition) is 2. The van der Waals surface area contributed by atoms with Gasteiger partial charge in [-0.25, -0.2) is 4.39 Å². The number of aromatic hydroxyl groups is 1. The summed E-state index contributed by atoms with van der Waals surface area (Å²) in [7, 11) is 0. The van der Waals surface area contributed by atoms with Gasteiger partial charge in [-0.2, -0.15) is 0 Å². The van der Waals surface area contributed by atoms with E-state index in [2.05, 4.69) is 0 Å². The second-order valence-electron chi connectivity index (χ2n) is 3.77. The van der Waals surface area contributed by atoms with Crippen molar-refractivity contribution in [1.82, 2.24) is 0 Å². The Hall–Kier alpha value is -1.29. The second kappa shape index (κ2) is 4.70. The highest BCUT2D eigenvalue weighted by Gasteiger charge is 2.19. The van der Waals surface area contributed by atoms with Crippen LogP contribution in [-0.4, -0.2) is 16.2 Å². The van der Waals surface area contributed by atoms with Crippen LogP contribution in [0.2, 0.25) is 5.02 Å². The number of phenols is 1. The lowest BCUT2D eigenvalue weighted by atomic mass is 9.99. The van der Waals surface area contributed by atoms with Crippen molar-refractivity contribution in [1.29, 1.82) is 0 Å². The molecule has 3 nitrogen and oxygen atoms in total. The number of aliphatic carboxylic acids is 1. The molecule has 0 radical (unpaired) electrons. The molecule has 0 bridgehead atoms. The highest BCUT2D eigenvalue weighted by molar-refractivity contribution is 6.32. The van der Waals surface area contributed by atoms with E-state index in [0.29, 0.717) is 5.56 Å². The molecular formula is C11H12ClFO3. The van der Waals surface area contributed by atoms with Crippen LogP contribution in [0.15, 0.2) is 6.07 Å². The Morgan fingerprint density at radius 2 is 2.19 bits per heavy atom. The van der Waals surface area contributed by atoms with E-state index < -0.39 is 23.5 Å². The molecule has 2 N–H and O–H groups in total. The van der Waals surface area contributed by atoms with Crippen LogP contribution in [0.25, 0.3) is 0 Å². The Kier molecular flexibility index (Phi) is 3.75. The lowest BCUT2D eigenvalue weighted by molar-refractivity contribution is -0.141. The molecule has 0 amide bonds. The SMILES string of the molecule is Cc1cc(CC(C)C(=O)O)c(F)c(O)c1Cl. The molecule has 0 saturated carbocycles. The van der Waals surface area contributed by atoms with Gasteiger partial charge in [0.1, 0.15) is 0 Å². The van der Waals surface area contributed by atoms with Gasteiger partial charge in [0.15, 0.2) is 11.6 Å². The zero-order chi connectivity index (χ0) is 12.5. The van der Waals surface area contributed by atoms with E-state index in [9.17, 15) is 14.3 Å². The van der Waals surface area contributed by atoms with Gasteiger partial charge in [0.05, 0.1) is 10.9 Å². The molecular weight excluding hydrogens is 235 g/mol. The molecule has 1 aromatic rings. The fourth-order valence-electron chi connectivity index (χ4n) is 1.39. The number of carbonyl (C=O) groups is 1. The Labute approximate surface area is 97.5 Å². The van der Waals surface area contributed by atoms with E-state index >= 15 is 0 Å². The quantitative estimate of drug-likeness (QED) is 0.862. The van der Waals surface area contributed by atoms with Gasteiger partial charge in [-0.3, -0.25) is 4.79 Å². The Bertz CT molecular complexity index is 432. The number of rotatable bonds is 3.